The van der Waals surface area contributed by atoms with Crippen LogP contribution >= 0.6 is 24.6 Å². The lowest BCUT2D eigenvalue weighted by molar-refractivity contribution is -0.131. The fraction of sp³-hybridized carbons (Fsp3) is 0.559. The first-order valence-electron chi connectivity index (χ1n) is 15.0. The third kappa shape index (κ3) is 11.4. The van der Waals surface area contributed by atoms with Crippen molar-refractivity contribution in [3.8, 4) is 0 Å². The Morgan fingerprint density at radius 2 is 1.36 bits per heavy atom. The molecule has 0 aromatic heterocycles. The van der Waals surface area contributed by atoms with Crippen molar-refractivity contribution in [2.24, 2.45) is 5.92 Å². The van der Waals surface area contributed by atoms with Gasteiger partial charge in [0.05, 0.1) is 6.04 Å². The van der Waals surface area contributed by atoms with Gasteiger partial charge >= 0.3 is 0 Å². The minimum Gasteiger partial charge on any atom is -0.378 e. The van der Waals surface area contributed by atoms with Crippen molar-refractivity contribution in [1.29, 1.82) is 0 Å². The van der Waals surface area contributed by atoms with Crippen LogP contribution in [0.4, 0.5) is 0 Å². The third-order valence-electron chi connectivity index (χ3n) is 7.27. The Kier molecular flexibility index (Phi) is 16.7. The zero-order valence-electron chi connectivity index (χ0n) is 24.4. The molecule has 216 valence electrons. The summed E-state index contributed by atoms with van der Waals surface area (Å²) in [5.74, 6) is 2.46. The van der Waals surface area contributed by atoms with Crippen molar-refractivity contribution < 1.29 is 9.90 Å². The van der Waals surface area contributed by atoms with E-state index in [-0.39, 0.29) is 18.2 Å². The number of amides is 1. The maximum atomic E-state index is 13.2. The molecule has 0 aliphatic carbocycles. The van der Waals surface area contributed by atoms with Crippen LogP contribution in [0.25, 0.3) is 0 Å². The van der Waals surface area contributed by atoms with Crippen LogP contribution in [0.15, 0.2) is 72.8 Å². The molecule has 1 amide bonds. The van der Waals surface area contributed by atoms with Gasteiger partial charge in [0, 0.05) is 6.42 Å². The van der Waals surface area contributed by atoms with Crippen LogP contribution in [0.1, 0.15) is 103 Å². The first-order chi connectivity index (χ1) is 18.9. The quantitative estimate of drug-likeness (QED) is 0.0948. The Balaban J connectivity index is 1.81. The van der Waals surface area contributed by atoms with E-state index >= 15 is 0 Å². The van der Waals surface area contributed by atoms with Crippen LogP contribution in [0, 0.1) is 5.92 Å². The molecule has 5 heteroatoms. The zero-order chi connectivity index (χ0) is 28.3. The Labute approximate surface area is 248 Å². The molecular formula is C34H51NO2S2. The second-order valence-electron chi connectivity index (χ2n) is 10.8. The van der Waals surface area contributed by atoms with E-state index < -0.39 is 11.6 Å². The number of thioether (sulfide) groups is 1. The van der Waals surface area contributed by atoms with Gasteiger partial charge < -0.3 is 5.11 Å². The van der Waals surface area contributed by atoms with Gasteiger partial charge in [-0.15, -0.1) is 0 Å². The lowest BCUT2D eigenvalue weighted by atomic mass is 9.75. The fourth-order valence-corrected chi connectivity index (χ4v) is 6.65. The van der Waals surface area contributed by atoms with E-state index in [1.54, 1.807) is 0 Å². The molecule has 0 saturated carbocycles. The summed E-state index contributed by atoms with van der Waals surface area (Å²) in [5, 5.41) is 12.2. The molecule has 1 N–H and O–H groups in total. The van der Waals surface area contributed by atoms with Crippen molar-refractivity contribution in [2.45, 2.75) is 103 Å². The SMILES string of the molecule is CCCCCCCSCCCCCC/C=C/CC(=O)N(S)[C@@H](C(C)C)C(O)(c1ccccc1)c1ccccc1. The van der Waals surface area contributed by atoms with Gasteiger partial charge in [0.1, 0.15) is 5.60 Å². The molecule has 0 radical (unpaired) electrons. The molecule has 1 atom stereocenters. The summed E-state index contributed by atoms with van der Waals surface area (Å²) in [7, 11) is 0. The summed E-state index contributed by atoms with van der Waals surface area (Å²) in [6.45, 7) is 6.32. The van der Waals surface area contributed by atoms with Crippen molar-refractivity contribution >= 4 is 30.5 Å². The zero-order valence-corrected chi connectivity index (χ0v) is 26.1. The molecule has 0 saturated heterocycles. The van der Waals surface area contributed by atoms with Crippen LogP contribution < -0.4 is 0 Å². The summed E-state index contributed by atoms with van der Waals surface area (Å²) < 4.78 is 1.45. The molecule has 2 aromatic carbocycles. The molecule has 2 rings (SSSR count). The number of rotatable bonds is 20. The van der Waals surface area contributed by atoms with Crippen molar-refractivity contribution in [3.05, 3.63) is 83.9 Å². The highest BCUT2D eigenvalue weighted by atomic mass is 32.2. The highest BCUT2D eigenvalue weighted by Gasteiger charge is 2.45. The number of benzene rings is 2. The Morgan fingerprint density at radius 3 is 1.87 bits per heavy atom. The monoisotopic (exact) mass is 569 g/mol. The van der Waals surface area contributed by atoms with Crippen molar-refractivity contribution in [2.75, 3.05) is 11.5 Å². The minimum absolute atomic E-state index is 0.0277. The van der Waals surface area contributed by atoms with E-state index in [4.69, 9.17) is 0 Å². The van der Waals surface area contributed by atoms with E-state index in [2.05, 4.69) is 37.6 Å². The van der Waals surface area contributed by atoms with Crippen molar-refractivity contribution in [3.63, 3.8) is 0 Å². The smallest absolute Gasteiger partial charge is 0.236 e. The molecule has 39 heavy (non-hydrogen) atoms. The first-order valence-corrected chi connectivity index (χ1v) is 16.6. The molecule has 0 fully saturated rings. The van der Waals surface area contributed by atoms with Gasteiger partial charge in [0.25, 0.3) is 0 Å². The lowest BCUT2D eigenvalue weighted by Crippen LogP contribution is -2.53. The van der Waals surface area contributed by atoms with Gasteiger partial charge in [-0.1, -0.05) is 145 Å². The molecule has 0 heterocycles. The number of hydrogen-bond acceptors (Lipinski definition) is 4. The number of hydrogen-bond donors (Lipinski definition) is 2. The van der Waals surface area contributed by atoms with Gasteiger partial charge in [-0.25, -0.2) is 0 Å². The van der Waals surface area contributed by atoms with Gasteiger partial charge in [0.15, 0.2) is 0 Å². The van der Waals surface area contributed by atoms with E-state index in [1.807, 2.05) is 80.6 Å². The average molecular weight is 570 g/mol. The molecule has 2 aromatic rings. The summed E-state index contributed by atoms with van der Waals surface area (Å²) in [4.78, 5) is 13.2. The van der Waals surface area contributed by atoms with Gasteiger partial charge in [-0.2, -0.15) is 11.8 Å². The first kappa shape index (κ1) is 33.5. The summed E-state index contributed by atoms with van der Waals surface area (Å²) in [5.41, 5.74) is 0.121. The highest BCUT2D eigenvalue weighted by molar-refractivity contribution is 7.99. The molecular weight excluding hydrogens is 519 g/mol. The topological polar surface area (TPSA) is 40.5 Å². The van der Waals surface area contributed by atoms with E-state index in [0.29, 0.717) is 0 Å². The Bertz CT molecular complexity index is 893. The van der Waals surface area contributed by atoms with Gasteiger partial charge in [0.2, 0.25) is 5.91 Å². The number of carbonyl (C=O) groups is 1. The number of nitrogens with zero attached hydrogens (tertiary/aromatic N) is 1. The lowest BCUT2D eigenvalue weighted by Gasteiger charge is -2.43. The summed E-state index contributed by atoms with van der Waals surface area (Å²) in [6, 6.07) is 18.7. The van der Waals surface area contributed by atoms with Crippen LogP contribution in [0.2, 0.25) is 0 Å². The van der Waals surface area contributed by atoms with E-state index in [1.165, 1.54) is 67.2 Å². The number of carbonyl (C=O) groups excluding carboxylic acids is 1. The maximum absolute atomic E-state index is 13.2. The number of aliphatic hydroxyl groups is 1. The predicted octanol–water partition coefficient (Wildman–Crippen LogP) is 9.22. The minimum atomic E-state index is -1.38. The third-order valence-corrected chi connectivity index (χ3v) is 8.89. The largest absolute Gasteiger partial charge is 0.378 e. The standard InChI is InChI=1S/C34H51NO2S2/c1-4-5-6-11-20-27-39-28-21-12-9-7-8-10-19-26-32(36)35(38)33(29(2)3)34(37,30-22-15-13-16-23-30)31-24-17-14-18-25-31/h10,13-19,22-25,29,33,37-38H,4-9,11-12,20-21,26-28H2,1-3H3/b19-10+/t33-/m0/s1. The number of thiol groups is 1. The summed E-state index contributed by atoms with van der Waals surface area (Å²) >= 11 is 6.78. The molecule has 0 aliphatic heterocycles. The molecule has 0 bridgehead atoms. The predicted molar refractivity (Wildman–Crippen MR) is 173 cm³/mol. The molecule has 0 spiro atoms. The van der Waals surface area contributed by atoms with Crippen LogP contribution in [0.5, 0.6) is 0 Å². The highest BCUT2D eigenvalue weighted by Crippen LogP contribution is 2.39. The van der Waals surface area contributed by atoms with Crippen LogP contribution in [-0.2, 0) is 10.4 Å². The maximum Gasteiger partial charge on any atom is 0.236 e. The van der Waals surface area contributed by atoms with Crippen LogP contribution in [0.3, 0.4) is 0 Å². The Hall–Kier alpha value is -1.69. The van der Waals surface area contributed by atoms with E-state index in [0.717, 1.165) is 24.0 Å². The second kappa shape index (κ2) is 19.4. The number of unbranched alkanes of at least 4 members (excludes halogenated alkanes) is 8. The van der Waals surface area contributed by atoms with Gasteiger partial charge in [-0.05, 0) is 54.2 Å². The fourth-order valence-electron chi connectivity index (χ4n) is 5.11. The molecule has 0 unspecified atom stereocenters. The number of allylic oxidation sites excluding steroid dienone is 1. The summed E-state index contributed by atoms with van der Waals surface area (Å²) in [6.07, 6.45) is 17.2. The van der Waals surface area contributed by atoms with E-state index in [9.17, 15) is 9.90 Å². The molecule has 3 nitrogen and oxygen atoms in total. The van der Waals surface area contributed by atoms with Gasteiger partial charge in [-0.3, -0.25) is 9.10 Å². The van der Waals surface area contributed by atoms with Crippen LogP contribution in [-0.4, -0.2) is 32.9 Å². The normalized spacial score (nSPS) is 12.8. The molecule has 0 aliphatic rings. The van der Waals surface area contributed by atoms with Crippen molar-refractivity contribution in [1.82, 2.24) is 4.31 Å². The Morgan fingerprint density at radius 1 is 0.846 bits per heavy atom. The second-order valence-corrected chi connectivity index (χ2v) is 12.5. The average Bonchev–Trinajstić information content (AvgIpc) is 2.95.